The second kappa shape index (κ2) is 8.87. The van der Waals surface area contributed by atoms with Crippen molar-refractivity contribution in [1.29, 1.82) is 0 Å². The van der Waals surface area contributed by atoms with Crippen molar-refractivity contribution in [2.75, 3.05) is 4.90 Å². The smallest absolute Gasteiger partial charge is 0.0554 e. The number of nitrogens with zero attached hydrogens (tertiary/aromatic N) is 2. The van der Waals surface area contributed by atoms with Crippen LogP contribution in [0, 0.1) is 0 Å². The van der Waals surface area contributed by atoms with Crippen molar-refractivity contribution < 1.29 is 0 Å². The van der Waals surface area contributed by atoms with E-state index in [0.29, 0.717) is 0 Å². The van der Waals surface area contributed by atoms with Gasteiger partial charge in [-0.1, -0.05) is 78.9 Å². The largest absolute Gasteiger partial charge is 0.310 e. The maximum Gasteiger partial charge on any atom is 0.0554 e. The van der Waals surface area contributed by atoms with Gasteiger partial charge < -0.3 is 9.47 Å². The molecule has 2 aromatic heterocycles. The SMILES string of the molecule is c1ccc(N(c2ccc(-n3c4ccccc4c4ccccc43)cc2)c2cccc3sc4ccccc4c23)cc1. The molecule has 0 N–H and O–H groups in total. The van der Waals surface area contributed by atoms with Crippen molar-refractivity contribution in [3.8, 4) is 5.69 Å². The van der Waals surface area contributed by atoms with Crippen LogP contribution in [0.2, 0.25) is 0 Å². The summed E-state index contributed by atoms with van der Waals surface area (Å²) in [6.45, 7) is 0. The highest BCUT2D eigenvalue weighted by Crippen LogP contribution is 2.44. The average molecular weight is 517 g/mol. The Labute approximate surface area is 230 Å². The molecule has 2 nitrogen and oxygen atoms in total. The van der Waals surface area contributed by atoms with E-state index in [1.54, 1.807) is 0 Å². The number of hydrogen-bond acceptors (Lipinski definition) is 2. The normalized spacial score (nSPS) is 11.6. The highest BCUT2D eigenvalue weighted by molar-refractivity contribution is 7.26. The Hall–Kier alpha value is -4.86. The molecular weight excluding hydrogens is 492 g/mol. The summed E-state index contributed by atoms with van der Waals surface area (Å²) in [6.07, 6.45) is 0. The summed E-state index contributed by atoms with van der Waals surface area (Å²) in [7, 11) is 0. The van der Waals surface area contributed by atoms with E-state index < -0.39 is 0 Å². The third-order valence-electron chi connectivity index (χ3n) is 7.58. The topological polar surface area (TPSA) is 8.17 Å². The predicted octanol–water partition coefficient (Wildman–Crippen LogP) is 10.6. The molecule has 0 unspecified atom stereocenters. The van der Waals surface area contributed by atoms with E-state index in [2.05, 4.69) is 155 Å². The van der Waals surface area contributed by atoms with Gasteiger partial charge in [0.15, 0.2) is 0 Å². The Morgan fingerprint density at radius 3 is 1.72 bits per heavy atom. The summed E-state index contributed by atoms with van der Waals surface area (Å²) in [5.74, 6) is 0. The molecule has 0 fully saturated rings. The summed E-state index contributed by atoms with van der Waals surface area (Å²) in [6, 6.07) is 52.4. The number of rotatable bonds is 4. The van der Waals surface area contributed by atoms with Gasteiger partial charge in [-0.05, 0) is 66.7 Å². The molecule has 0 atom stereocenters. The van der Waals surface area contributed by atoms with Crippen LogP contribution in [0.1, 0.15) is 0 Å². The molecule has 39 heavy (non-hydrogen) atoms. The fourth-order valence-corrected chi connectivity index (χ4v) is 7.02. The molecule has 0 aliphatic heterocycles. The van der Waals surface area contributed by atoms with E-state index in [4.69, 9.17) is 0 Å². The molecule has 0 bridgehead atoms. The standard InChI is InChI=1S/C36H24N2S/c1-2-11-25(12-3-1)37(33-18-10-20-35-36(33)30-15-6-9-19-34(30)39-35)26-21-23-27(24-22-26)38-31-16-7-4-13-28(31)29-14-5-8-17-32(29)38/h1-24H. The maximum absolute atomic E-state index is 2.39. The first kappa shape index (κ1) is 22.2. The minimum Gasteiger partial charge on any atom is -0.310 e. The summed E-state index contributed by atoms with van der Waals surface area (Å²) < 4.78 is 4.99. The van der Waals surface area contributed by atoms with Crippen LogP contribution < -0.4 is 4.90 Å². The molecule has 0 spiro atoms. The summed E-state index contributed by atoms with van der Waals surface area (Å²) in [5, 5.41) is 5.16. The Kier molecular flexibility index (Phi) is 5.04. The van der Waals surface area contributed by atoms with Crippen LogP contribution in [0.5, 0.6) is 0 Å². The fraction of sp³-hybridized carbons (Fsp3) is 0. The monoisotopic (exact) mass is 516 g/mol. The molecular formula is C36H24N2S. The first-order chi connectivity index (χ1) is 19.4. The highest BCUT2D eigenvalue weighted by atomic mass is 32.1. The van der Waals surface area contributed by atoms with Crippen LogP contribution >= 0.6 is 11.3 Å². The lowest BCUT2D eigenvalue weighted by Gasteiger charge is -2.26. The zero-order valence-electron chi connectivity index (χ0n) is 21.2. The van der Waals surface area contributed by atoms with Crippen molar-refractivity contribution in [2.45, 2.75) is 0 Å². The number of benzene rings is 6. The van der Waals surface area contributed by atoms with Crippen LogP contribution in [0.15, 0.2) is 146 Å². The second-order valence-electron chi connectivity index (χ2n) is 9.81. The number of aromatic nitrogens is 1. The van der Waals surface area contributed by atoms with Crippen LogP contribution in [-0.4, -0.2) is 4.57 Å². The maximum atomic E-state index is 2.39. The molecule has 3 heteroatoms. The minimum atomic E-state index is 1.13. The molecule has 0 saturated carbocycles. The fourth-order valence-electron chi connectivity index (χ4n) is 5.90. The van der Waals surface area contributed by atoms with Crippen molar-refractivity contribution in [1.82, 2.24) is 4.57 Å². The van der Waals surface area contributed by atoms with Gasteiger partial charge in [-0.3, -0.25) is 0 Å². The first-order valence-electron chi connectivity index (χ1n) is 13.2. The molecule has 0 aliphatic rings. The lowest BCUT2D eigenvalue weighted by atomic mass is 10.1. The quantitative estimate of drug-likeness (QED) is 0.226. The third kappa shape index (κ3) is 3.48. The molecule has 0 amide bonds. The summed E-state index contributed by atoms with van der Waals surface area (Å²) in [5.41, 5.74) is 7.07. The minimum absolute atomic E-state index is 1.13. The van der Waals surface area contributed by atoms with Crippen molar-refractivity contribution >= 4 is 70.4 Å². The number of fused-ring (bicyclic) bond motifs is 6. The van der Waals surface area contributed by atoms with Crippen molar-refractivity contribution in [3.05, 3.63) is 146 Å². The van der Waals surface area contributed by atoms with Gasteiger partial charge >= 0.3 is 0 Å². The van der Waals surface area contributed by atoms with Crippen LogP contribution in [0.25, 0.3) is 47.7 Å². The Bertz CT molecular complexity index is 2060. The lowest BCUT2D eigenvalue weighted by Crippen LogP contribution is -2.10. The van der Waals surface area contributed by atoms with Gasteiger partial charge in [-0.15, -0.1) is 11.3 Å². The molecule has 0 radical (unpaired) electrons. The Morgan fingerprint density at radius 2 is 1.00 bits per heavy atom. The number of hydrogen-bond donors (Lipinski definition) is 0. The van der Waals surface area contributed by atoms with Gasteiger partial charge in [0.25, 0.3) is 0 Å². The predicted molar refractivity (Wildman–Crippen MR) is 168 cm³/mol. The average Bonchev–Trinajstić information content (AvgIpc) is 3.55. The van der Waals surface area contributed by atoms with E-state index in [9.17, 15) is 0 Å². The van der Waals surface area contributed by atoms with Gasteiger partial charge in [0, 0.05) is 48.0 Å². The molecule has 6 aromatic carbocycles. The van der Waals surface area contributed by atoms with E-state index in [0.717, 1.165) is 17.1 Å². The van der Waals surface area contributed by atoms with E-state index in [-0.39, 0.29) is 0 Å². The van der Waals surface area contributed by atoms with E-state index in [1.165, 1.54) is 47.7 Å². The number of thiophene rings is 1. The molecule has 8 aromatic rings. The zero-order valence-corrected chi connectivity index (χ0v) is 22.0. The molecule has 8 rings (SSSR count). The Morgan fingerprint density at radius 1 is 0.436 bits per heavy atom. The Balaban J connectivity index is 1.34. The van der Waals surface area contributed by atoms with Gasteiger partial charge in [0.05, 0.1) is 16.7 Å². The third-order valence-corrected chi connectivity index (χ3v) is 8.72. The molecule has 0 aliphatic carbocycles. The lowest BCUT2D eigenvalue weighted by molar-refractivity contribution is 1.17. The van der Waals surface area contributed by atoms with E-state index in [1.807, 2.05) is 11.3 Å². The van der Waals surface area contributed by atoms with Crippen LogP contribution in [0.4, 0.5) is 17.1 Å². The van der Waals surface area contributed by atoms with Crippen molar-refractivity contribution in [2.24, 2.45) is 0 Å². The number of anilines is 3. The number of para-hydroxylation sites is 3. The van der Waals surface area contributed by atoms with Gasteiger partial charge in [0.1, 0.15) is 0 Å². The van der Waals surface area contributed by atoms with Crippen LogP contribution in [0.3, 0.4) is 0 Å². The zero-order chi connectivity index (χ0) is 25.8. The molecule has 0 saturated heterocycles. The van der Waals surface area contributed by atoms with Crippen molar-refractivity contribution in [3.63, 3.8) is 0 Å². The summed E-state index contributed by atoms with van der Waals surface area (Å²) >= 11 is 1.86. The van der Waals surface area contributed by atoms with E-state index >= 15 is 0 Å². The highest BCUT2D eigenvalue weighted by Gasteiger charge is 2.18. The first-order valence-corrected chi connectivity index (χ1v) is 14.0. The second-order valence-corrected chi connectivity index (χ2v) is 10.9. The van der Waals surface area contributed by atoms with Gasteiger partial charge in [-0.25, -0.2) is 0 Å². The molecule has 2 heterocycles. The molecule has 184 valence electrons. The van der Waals surface area contributed by atoms with Crippen LogP contribution in [-0.2, 0) is 0 Å². The van der Waals surface area contributed by atoms with Gasteiger partial charge in [0.2, 0.25) is 0 Å². The van der Waals surface area contributed by atoms with Gasteiger partial charge in [-0.2, -0.15) is 0 Å². The summed E-state index contributed by atoms with van der Waals surface area (Å²) in [4.78, 5) is 2.39.